The molecule has 1 aliphatic heterocycles. The predicted octanol–water partition coefficient (Wildman–Crippen LogP) is 6.74. The van der Waals surface area contributed by atoms with E-state index in [0.29, 0.717) is 32.7 Å². The fraction of sp³-hybridized carbons (Fsp3) is 0.462. The molecule has 8 nitrogen and oxygen atoms in total. The van der Waals surface area contributed by atoms with Crippen molar-refractivity contribution in [2.45, 2.75) is 57.5 Å². The fourth-order valence-corrected chi connectivity index (χ4v) is 4.92. The third kappa shape index (κ3) is 7.49. The highest BCUT2D eigenvalue weighted by molar-refractivity contribution is 6.76. The van der Waals surface area contributed by atoms with E-state index in [9.17, 15) is 26.7 Å². The van der Waals surface area contributed by atoms with Crippen LogP contribution in [0.3, 0.4) is 0 Å². The van der Waals surface area contributed by atoms with Crippen molar-refractivity contribution in [1.82, 2.24) is 14.9 Å². The van der Waals surface area contributed by atoms with E-state index in [1.54, 1.807) is 0 Å². The molecule has 3 heterocycles. The van der Waals surface area contributed by atoms with E-state index in [0.717, 1.165) is 30.4 Å². The second-order valence-electron chi connectivity index (χ2n) is 10.7. The molecule has 0 radical (unpaired) electrons. The molecule has 1 fully saturated rings. The van der Waals surface area contributed by atoms with Gasteiger partial charge in [0.05, 0.1) is 10.9 Å². The number of pyridine rings is 1. The molecule has 1 saturated heterocycles. The smallest absolute Gasteiger partial charge is 0.418 e. The van der Waals surface area contributed by atoms with E-state index in [2.05, 4.69) is 35.3 Å². The number of anilines is 1. The van der Waals surface area contributed by atoms with Crippen LogP contribution in [0.1, 0.15) is 18.4 Å². The van der Waals surface area contributed by atoms with Crippen molar-refractivity contribution in [2.75, 3.05) is 25.1 Å². The molecule has 0 spiro atoms. The molecule has 2 N–H and O–H groups in total. The molecular formula is C26H31F5N4O4Si. The molecule has 0 atom stereocenters. The molecule has 218 valence electrons. The lowest BCUT2D eigenvalue weighted by molar-refractivity contribution is -0.136. The number of nitrogens with zero attached hydrogens (tertiary/aromatic N) is 2. The molecule has 2 amide bonds. The zero-order chi connectivity index (χ0) is 29.1. The summed E-state index contributed by atoms with van der Waals surface area (Å²) in [4.78, 5) is 16.3. The van der Waals surface area contributed by atoms with E-state index < -0.39 is 54.4 Å². The number of hydrogen-bond acceptors (Lipinski definition) is 5. The van der Waals surface area contributed by atoms with Gasteiger partial charge in [0.15, 0.2) is 17.4 Å². The van der Waals surface area contributed by atoms with Crippen LogP contribution in [0.2, 0.25) is 25.7 Å². The first-order chi connectivity index (χ1) is 18.8. The molecule has 0 aliphatic carbocycles. The van der Waals surface area contributed by atoms with E-state index >= 15 is 0 Å². The van der Waals surface area contributed by atoms with Crippen LogP contribution in [0.25, 0.3) is 11.0 Å². The summed E-state index contributed by atoms with van der Waals surface area (Å²) in [6.45, 7) is 7.62. The standard InChI is InChI=1S/C26H31F5N4O4Si/c1-40(2,3)11-10-38-15-35-14-18(26(29,30)31)22-21(4-7-32-24(22)35)39-23-19(27)12-17(13-20(23)28)34-25(36)33-16-5-8-37-9-6-16/h4,7,12-14,16H,5-6,8-11,15H2,1-3H3,(H2,33,34,36). The fourth-order valence-electron chi connectivity index (χ4n) is 4.16. The van der Waals surface area contributed by atoms with Gasteiger partial charge in [0.25, 0.3) is 0 Å². The van der Waals surface area contributed by atoms with Gasteiger partial charge < -0.3 is 29.4 Å². The van der Waals surface area contributed by atoms with Gasteiger partial charge >= 0.3 is 12.2 Å². The molecule has 1 aromatic carbocycles. The molecule has 0 unspecified atom stereocenters. The van der Waals surface area contributed by atoms with Crippen LogP contribution in [-0.4, -0.2) is 49.5 Å². The largest absolute Gasteiger partial charge is 0.450 e. The minimum Gasteiger partial charge on any atom is -0.450 e. The van der Waals surface area contributed by atoms with Crippen LogP contribution >= 0.6 is 0 Å². The molecule has 1 aliphatic rings. The summed E-state index contributed by atoms with van der Waals surface area (Å²) in [5, 5.41) is 4.60. The normalized spacial score (nSPS) is 14.9. The van der Waals surface area contributed by atoms with Crippen LogP contribution in [0.15, 0.2) is 30.6 Å². The number of urea groups is 1. The maximum Gasteiger partial charge on any atom is 0.418 e. The Balaban J connectivity index is 1.56. The zero-order valence-electron chi connectivity index (χ0n) is 22.3. The van der Waals surface area contributed by atoms with Gasteiger partial charge in [0, 0.05) is 64.2 Å². The molecular weight excluding hydrogens is 555 g/mol. The van der Waals surface area contributed by atoms with Gasteiger partial charge in [-0.3, -0.25) is 0 Å². The monoisotopic (exact) mass is 586 g/mol. The molecule has 4 rings (SSSR count). The SMILES string of the molecule is C[Si](C)(C)CCOCn1cc(C(F)(F)F)c2c(Oc3c(F)cc(NC(=O)NC4CCOCC4)cc3F)ccnc21. The second-order valence-corrected chi connectivity index (χ2v) is 16.3. The number of ether oxygens (including phenoxy) is 3. The zero-order valence-corrected chi connectivity index (χ0v) is 23.3. The van der Waals surface area contributed by atoms with E-state index in [4.69, 9.17) is 14.2 Å². The van der Waals surface area contributed by atoms with Crippen molar-refractivity contribution in [3.8, 4) is 11.5 Å². The minimum atomic E-state index is -4.80. The van der Waals surface area contributed by atoms with Crippen molar-refractivity contribution in [3.05, 3.63) is 47.8 Å². The van der Waals surface area contributed by atoms with Crippen molar-refractivity contribution in [2.24, 2.45) is 0 Å². The van der Waals surface area contributed by atoms with Crippen molar-refractivity contribution >= 4 is 30.8 Å². The quantitative estimate of drug-likeness (QED) is 0.165. The lowest BCUT2D eigenvalue weighted by Gasteiger charge is -2.23. The van der Waals surface area contributed by atoms with Crippen molar-refractivity contribution in [1.29, 1.82) is 0 Å². The van der Waals surface area contributed by atoms with E-state index in [-0.39, 0.29) is 24.1 Å². The van der Waals surface area contributed by atoms with Gasteiger partial charge in [-0.15, -0.1) is 0 Å². The third-order valence-electron chi connectivity index (χ3n) is 6.28. The van der Waals surface area contributed by atoms with Crippen LogP contribution < -0.4 is 15.4 Å². The van der Waals surface area contributed by atoms with Crippen molar-refractivity contribution in [3.63, 3.8) is 0 Å². The van der Waals surface area contributed by atoms with Crippen LogP contribution in [0, 0.1) is 11.6 Å². The summed E-state index contributed by atoms with van der Waals surface area (Å²) < 4.78 is 89.1. The highest BCUT2D eigenvalue weighted by Crippen LogP contribution is 2.42. The maximum atomic E-state index is 14.9. The number of fused-ring (bicyclic) bond motifs is 1. The first-order valence-electron chi connectivity index (χ1n) is 12.8. The van der Waals surface area contributed by atoms with Gasteiger partial charge in [-0.25, -0.2) is 18.6 Å². The molecule has 14 heteroatoms. The lowest BCUT2D eigenvalue weighted by Crippen LogP contribution is -2.41. The number of benzene rings is 1. The molecule has 2 aromatic heterocycles. The first-order valence-corrected chi connectivity index (χ1v) is 16.5. The average Bonchev–Trinajstić information content (AvgIpc) is 3.24. The number of hydrogen-bond donors (Lipinski definition) is 2. The Kier molecular flexibility index (Phi) is 9.00. The van der Waals surface area contributed by atoms with Crippen LogP contribution in [0.5, 0.6) is 11.5 Å². The summed E-state index contributed by atoms with van der Waals surface area (Å²) in [6, 6.07) is 2.77. The number of aromatic nitrogens is 2. The average molecular weight is 587 g/mol. The lowest BCUT2D eigenvalue weighted by atomic mass is 10.1. The summed E-state index contributed by atoms with van der Waals surface area (Å²) >= 11 is 0. The number of rotatable bonds is 9. The number of carbonyl (C=O) groups is 1. The molecule has 0 saturated carbocycles. The minimum absolute atomic E-state index is 0.110. The Morgan fingerprint density at radius 3 is 2.48 bits per heavy atom. The number of amides is 2. The predicted molar refractivity (Wildman–Crippen MR) is 141 cm³/mol. The van der Waals surface area contributed by atoms with Gasteiger partial charge in [-0.05, 0) is 25.0 Å². The third-order valence-corrected chi connectivity index (χ3v) is 7.98. The van der Waals surface area contributed by atoms with Crippen LogP contribution in [-0.2, 0) is 22.4 Å². The highest BCUT2D eigenvalue weighted by atomic mass is 28.3. The second kappa shape index (κ2) is 12.1. The van der Waals surface area contributed by atoms with Gasteiger partial charge in [-0.1, -0.05) is 19.6 Å². The number of carbonyl (C=O) groups excluding carboxylic acids is 1. The Morgan fingerprint density at radius 1 is 1.18 bits per heavy atom. The van der Waals surface area contributed by atoms with Gasteiger partial charge in [0.1, 0.15) is 18.1 Å². The molecule has 0 bridgehead atoms. The summed E-state index contributed by atoms with van der Waals surface area (Å²) in [5.74, 6) is -3.79. The summed E-state index contributed by atoms with van der Waals surface area (Å²) in [7, 11) is -1.41. The first kappa shape index (κ1) is 29.7. The Bertz CT molecular complexity index is 1330. The van der Waals surface area contributed by atoms with E-state index in [1.165, 1.54) is 10.8 Å². The Hall–Kier alpha value is -3.23. The van der Waals surface area contributed by atoms with E-state index in [1.807, 2.05) is 0 Å². The summed E-state index contributed by atoms with van der Waals surface area (Å²) in [6.07, 6.45) is -1.56. The van der Waals surface area contributed by atoms with Gasteiger partial charge in [-0.2, -0.15) is 13.2 Å². The number of nitrogens with one attached hydrogen (secondary N) is 2. The van der Waals surface area contributed by atoms with Crippen molar-refractivity contribution < 1.29 is 41.0 Å². The number of halogens is 5. The summed E-state index contributed by atoms with van der Waals surface area (Å²) in [5.41, 5.74) is -1.38. The highest BCUT2D eigenvalue weighted by Gasteiger charge is 2.37. The number of alkyl halides is 3. The molecule has 3 aromatic rings. The Morgan fingerprint density at radius 2 is 1.85 bits per heavy atom. The molecule has 40 heavy (non-hydrogen) atoms. The Labute approximate surface area is 228 Å². The topological polar surface area (TPSA) is 86.6 Å². The van der Waals surface area contributed by atoms with Gasteiger partial charge in [0.2, 0.25) is 0 Å². The van der Waals surface area contributed by atoms with Crippen LogP contribution in [0.4, 0.5) is 32.4 Å². The maximum absolute atomic E-state index is 14.9.